The summed E-state index contributed by atoms with van der Waals surface area (Å²) in [6.45, 7) is 1.97. The minimum atomic E-state index is 0.181. The molecule has 0 amide bonds. The SMILES string of the molecule is CC(N)CCCC(=O)Cc1nc2ccccc2s1. The van der Waals surface area contributed by atoms with Crippen molar-refractivity contribution in [2.75, 3.05) is 0 Å². The van der Waals surface area contributed by atoms with Gasteiger partial charge in [0, 0.05) is 12.5 Å². The van der Waals surface area contributed by atoms with Crippen LogP contribution in [-0.2, 0) is 11.2 Å². The summed E-state index contributed by atoms with van der Waals surface area (Å²) in [5, 5.41) is 0.919. The normalized spacial score (nSPS) is 12.8. The summed E-state index contributed by atoms with van der Waals surface area (Å²) >= 11 is 1.61. The molecule has 3 nitrogen and oxygen atoms in total. The van der Waals surface area contributed by atoms with E-state index in [1.165, 1.54) is 0 Å². The molecule has 2 aromatic rings. The van der Waals surface area contributed by atoms with E-state index in [4.69, 9.17) is 5.73 Å². The van der Waals surface area contributed by atoms with Gasteiger partial charge in [-0.2, -0.15) is 0 Å². The van der Waals surface area contributed by atoms with Crippen LogP contribution in [0.5, 0.6) is 0 Å². The van der Waals surface area contributed by atoms with Crippen molar-refractivity contribution in [1.29, 1.82) is 0 Å². The van der Waals surface area contributed by atoms with Crippen LogP contribution in [0.4, 0.5) is 0 Å². The summed E-state index contributed by atoms with van der Waals surface area (Å²) in [6, 6.07) is 8.16. The Balaban J connectivity index is 1.90. The largest absolute Gasteiger partial charge is 0.328 e. The Kier molecular flexibility index (Phi) is 4.44. The molecule has 0 aliphatic rings. The zero-order chi connectivity index (χ0) is 13.0. The van der Waals surface area contributed by atoms with E-state index < -0.39 is 0 Å². The first kappa shape index (κ1) is 13.2. The van der Waals surface area contributed by atoms with Crippen LogP contribution in [0.15, 0.2) is 24.3 Å². The molecular weight excluding hydrogens is 244 g/mol. The number of Topliss-reactive ketones (excluding diaryl/α,β-unsaturated/α-hetero) is 1. The van der Waals surface area contributed by atoms with Crippen molar-refractivity contribution in [1.82, 2.24) is 4.98 Å². The van der Waals surface area contributed by atoms with Gasteiger partial charge in [0.25, 0.3) is 0 Å². The second-order valence-corrected chi connectivity index (χ2v) is 5.78. The zero-order valence-corrected chi connectivity index (χ0v) is 11.4. The Hall–Kier alpha value is -1.26. The van der Waals surface area contributed by atoms with Gasteiger partial charge in [0.1, 0.15) is 10.8 Å². The number of hydrogen-bond acceptors (Lipinski definition) is 4. The van der Waals surface area contributed by atoms with E-state index in [0.717, 1.165) is 28.1 Å². The molecule has 0 saturated heterocycles. The number of rotatable bonds is 6. The molecule has 1 aromatic carbocycles. The Morgan fingerprint density at radius 1 is 1.44 bits per heavy atom. The number of hydrogen-bond donors (Lipinski definition) is 1. The topological polar surface area (TPSA) is 56.0 Å². The first-order valence-corrected chi connectivity index (χ1v) is 7.08. The Morgan fingerprint density at radius 3 is 2.94 bits per heavy atom. The number of aromatic nitrogens is 1. The van der Waals surface area contributed by atoms with E-state index in [1.807, 2.05) is 31.2 Å². The zero-order valence-electron chi connectivity index (χ0n) is 10.6. The molecule has 2 N–H and O–H groups in total. The van der Waals surface area contributed by atoms with E-state index in [9.17, 15) is 4.79 Å². The molecule has 1 aromatic heterocycles. The molecule has 0 aliphatic carbocycles. The van der Waals surface area contributed by atoms with E-state index in [0.29, 0.717) is 12.8 Å². The van der Waals surface area contributed by atoms with Crippen LogP contribution in [0.3, 0.4) is 0 Å². The lowest BCUT2D eigenvalue weighted by molar-refractivity contribution is -0.118. The highest BCUT2D eigenvalue weighted by Gasteiger charge is 2.09. The molecule has 2 rings (SSSR count). The maximum atomic E-state index is 11.8. The molecule has 96 valence electrons. The van der Waals surface area contributed by atoms with Gasteiger partial charge < -0.3 is 5.73 Å². The van der Waals surface area contributed by atoms with Gasteiger partial charge in [-0.1, -0.05) is 12.1 Å². The molecule has 0 fully saturated rings. The van der Waals surface area contributed by atoms with Crippen molar-refractivity contribution in [2.45, 2.75) is 38.6 Å². The van der Waals surface area contributed by atoms with Gasteiger partial charge >= 0.3 is 0 Å². The quantitative estimate of drug-likeness (QED) is 0.870. The van der Waals surface area contributed by atoms with E-state index >= 15 is 0 Å². The minimum Gasteiger partial charge on any atom is -0.328 e. The van der Waals surface area contributed by atoms with Crippen molar-refractivity contribution in [3.63, 3.8) is 0 Å². The lowest BCUT2D eigenvalue weighted by atomic mass is 10.1. The first-order valence-electron chi connectivity index (χ1n) is 6.27. The van der Waals surface area contributed by atoms with Gasteiger partial charge in [-0.15, -0.1) is 11.3 Å². The third kappa shape index (κ3) is 3.62. The number of carbonyl (C=O) groups is 1. The number of benzene rings is 1. The lowest BCUT2D eigenvalue weighted by Gasteiger charge is -2.02. The maximum absolute atomic E-state index is 11.8. The molecule has 18 heavy (non-hydrogen) atoms. The molecule has 0 bridgehead atoms. The molecule has 0 spiro atoms. The van der Waals surface area contributed by atoms with Crippen molar-refractivity contribution in [3.8, 4) is 0 Å². The fraction of sp³-hybridized carbons (Fsp3) is 0.429. The second-order valence-electron chi connectivity index (χ2n) is 4.66. The van der Waals surface area contributed by atoms with Crippen LogP contribution in [-0.4, -0.2) is 16.8 Å². The number of para-hydroxylation sites is 1. The number of thiazole rings is 1. The third-order valence-electron chi connectivity index (χ3n) is 2.80. The van der Waals surface area contributed by atoms with Gasteiger partial charge in [0.2, 0.25) is 0 Å². The summed E-state index contributed by atoms with van der Waals surface area (Å²) in [7, 11) is 0. The summed E-state index contributed by atoms with van der Waals surface area (Å²) < 4.78 is 1.15. The highest BCUT2D eigenvalue weighted by Crippen LogP contribution is 2.22. The van der Waals surface area contributed by atoms with Crippen molar-refractivity contribution in [3.05, 3.63) is 29.3 Å². The van der Waals surface area contributed by atoms with Gasteiger partial charge in [-0.3, -0.25) is 4.79 Å². The summed E-state index contributed by atoms with van der Waals surface area (Å²) in [5.41, 5.74) is 6.65. The van der Waals surface area contributed by atoms with Crippen molar-refractivity contribution >= 4 is 27.3 Å². The monoisotopic (exact) mass is 262 g/mol. The maximum Gasteiger partial charge on any atom is 0.139 e. The smallest absolute Gasteiger partial charge is 0.139 e. The summed E-state index contributed by atoms with van der Waals surface area (Å²) in [5.74, 6) is 0.259. The predicted octanol–water partition coefficient (Wildman–Crippen LogP) is 2.93. The van der Waals surface area contributed by atoms with Crippen molar-refractivity contribution < 1.29 is 4.79 Å². The number of nitrogens with two attached hydrogens (primary N) is 1. The first-order chi connectivity index (χ1) is 8.65. The second kappa shape index (κ2) is 6.07. The van der Waals surface area contributed by atoms with Gasteiger partial charge in [0.15, 0.2) is 0 Å². The fourth-order valence-corrected chi connectivity index (χ4v) is 2.87. The average molecular weight is 262 g/mol. The van der Waals surface area contributed by atoms with Crippen LogP contribution in [0, 0.1) is 0 Å². The fourth-order valence-electron chi connectivity index (χ4n) is 1.87. The summed E-state index contributed by atoms with van der Waals surface area (Å²) in [6.07, 6.45) is 2.85. The van der Waals surface area contributed by atoms with Crippen molar-refractivity contribution in [2.24, 2.45) is 5.73 Å². The Morgan fingerprint density at radius 2 is 2.22 bits per heavy atom. The molecule has 1 heterocycles. The molecule has 4 heteroatoms. The van der Waals surface area contributed by atoms with Crippen LogP contribution in [0.25, 0.3) is 10.2 Å². The Labute approximate surface area is 111 Å². The number of fused-ring (bicyclic) bond motifs is 1. The molecule has 0 saturated carbocycles. The van der Waals surface area contributed by atoms with Gasteiger partial charge in [-0.05, 0) is 31.9 Å². The van der Waals surface area contributed by atoms with E-state index in [1.54, 1.807) is 11.3 Å². The van der Waals surface area contributed by atoms with Gasteiger partial charge in [-0.25, -0.2) is 4.98 Å². The van der Waals surface area contributed by atoms with Gasteiger partial charge in [0.05, 0.1) is 16.6 Å². The molecular formula is C14H18N2OS. The van der Waals surface area contributed by atoms with Crippen LogP contribution < -0.4 is 5.73 Å². The third-order valence-corrected chi connectivity index (χ3v) is 3.84. The predicted molar refractivity (Wildman–Crippen MR) is 75.8 cm³/mol. The van der Waals surface area contributed by atoms with Crippen LogP contribution in [0.2, 0.25) is 0 Å². The van der Waals surface area contributed by atoms with E-state index in [2.05, 4.69) is 4.98 Å². The highest BCUT2D eigenvalue weighted by atomic mass is 32.1. The molecule has 0 aliphatic heterocycles. The summed E-state index contributed by atoms with van der Waals surface area (Å²) in [4.78, 5) is 16.3. The molecule has 0 radical (unpaired) electrons. The number of ketones is 1. The Bertz CT molecular complexity index is 500. The lowest BCUT2D eigenvalue weighted by Crippen LogP contribution is -2.15. The standard InChI is InChI=1S/C14H18N2OS/c1-10(15)5-4-6-11(17)9-14-16-12-7-2-3-8-13(12)18-14/h2-3,7-8,10H,4-6,9,15H2,1H3. The van der Waals surface area contributed by atoms with Crippen LogP contribution in [0.1, 0.15) is 31.2 Å². The minimum absolute atomic E-state index is 0.181. The number of carbonyl (C=O) groups excluding carboxylic acids is 1. The van der Waals surface area contributed by atoms with E-state index in [-0.39, 0.29) is 11.8 Å². The molecule has 1 atom stereocenters. The average Bonchev–Trinajstić information content (AvgIpc) is 2.70. The van der Waals surface area contributed by atoms with Crippen LogP contribution >= 0.6 is 11.3 Å². The highest BCUT2D eigenvalue weighted by molar-refractivity contribution is 7.18. The number of nitrogens with zero attached hydrogens (tertiary/aromatic N) is 1. The molecule has 1 unspecified atom stereocenters.